The molecule has 0 saturated heterocycles. The Kier molecular flexibility index (Phi) is 9.05. The Morgan fingerprint density at radius 1 is 0.978 bits per heavy atom. The van der Waals surface area contributed by atoms with Gasteiger partial charge in [0.1, 0.15) is 11.9 Å². The molecule has 0 aliphatic heterocycles. The van der Waals surface area contributed by atoms with E-state index in [9.17, 15) is 10.1 Å². The van der Waals surface area contributed by atoms with E-state index in [1.165, 1.54) is 13.3 Å². The van der Waals surface area contributed by atoms with Gasteiger partial charge >= 0.3 is 12.0 Å². The zero-order valence-electron chi connectivity index (χ0n) is 25.5. The first-order valence-corrected chi connectivity index (χ1v) is 15.0. The molecule has 0 atom stereocenters. The van der Waals surface area contributed by atoms with Crippen molar-refractivity contribution in [1.82, 2.24) is 40.4 Å². The van der Waals surface area contributed by atoms with E-state index in [1.807, 2.05) is 49.4 Å². The second-order valence-corrected chi connectivity index (χ2v) is 11.0. The first kappa shape index (κ1) is 30.1. The molecule has 3 N–H and O–H groups in total. The molecule has 0 unspecified atom stereocenters. The fourth-order valence-electron chi connectivity index (χ4n) is 5.57. The number of nitriles is 1. The third-order valence-electron chi connectivity index (χ3n) is 8.03. The molecule has 13 nitrogen and oxygen atoms in total. The minimum atomic E-state index is -0.205. The van der Waals surface area contributed by atoms with Gasteiger partial charge in [-0.2, -0.15) is 10.4 Å². The van der Waals surface area contributed by atoms with E-state index in [4.69, 9.17) is 9.72 Å². The van der Waals surface area contributed by atoms with E-state index in [-0.39, 0.29) is 18.1 Å². The zero-order chi connectivity index (χ0) is 31.9. The second-order valence-electron chi connectivity index (χ2n) is 11.0. The lowest BCUT2D eigenvalue weighted by molar-refractivity contribution is 0.240. The molecule has 4 aromatic heterocycles. The van der Waals surface area contributed by atoms with E-state index in [2.05, 4.69) is 46.8 Å². The van der Waals surface area contributed by atoms with Crippen molar-refractivity contribution in [2.45, 2.75) is 51.2 Å². The van der Waals surface area contributed by atoms with Crippen molar-refractivity contribution in [3.63, 3.8) is 0 Å². The fourth-order valence-corrected chi connectivity index (χ4v) is 5.57. The summed E-state index contributed by atoms with van der Waals surface area (Å²) in [5, 5.41) is 23.1. The number of rotatable bonds is 9. The van der Waals surface area contributed by atoms with Crippen LogP contribution in [0.5, 0.6) is 6.01 Å². The molecule has 0 radical (unpaired) electrons. The van der Waals surface area contributed by atoms with Crippen molar-refractivity contribution in [3.05, 3.63) is 90.3 Å². The number of carbonyl (C=O) groups excluding carboxylic acids is 1. The highest BCUT2D eigenvalue weighted by Crippen LogP contribution is 2.30. The minimum absolute atomic E-state index is 0.0671. The number of ether oxygens (including phenoxy) is 1. The van der Waals surface area contributed by atoms with Crippen LogP contribution in [-0.2, 0) is 6.54 Å². The van der Waals surface area contributed by atoms with Gasteiger partial charge < -0.3 is 15.4 Å². The molecule has 4 heterocycles. The van der Waals surface area contributed by atoms with Crippen LogP contribution >= 0.6 is 0 Å². The number of H-pyrrole nitrogens is 1. The van der Waals surface area contributed by atoms with Crippen molar-refractivity contribution in [3.8, 4) is 34.5 Å². The van der Waals surface area contributed by atoms with E-state index >= 15 is 0 Å². The summed E-state index contributed by atoms with van der Waals surface area (Å²) in [5.41, 5.74) is 5.15. The van der Waals surface area contributed by atoms with E-state index in [1.54, 1.807) is 29.7 Å². The standard InChI is InChI=1S/C33H33N11O2/c1-21-28(20-40-43-21)30-24(14-34)17-36-31(42-30)41-26-9-11-27(12-10-26)44(33(45)39-15-22-6-4-3-5-7-22)29-13-8-23(16-35-29)25-18-37-32(46-2)38-19-25/h3-8,13,16-20,26-27H,9-12,15H2,1-2H3,(H,39,45)(H,40,43)(H,36,41,42). The van der Waals surface area contributed by atoms with Crippen LogP contribution in [0.15, 0.2) is 73.4 Å². The second kappa shape index (κ2) is 13.8. The number of benzene rings is 1. The summed E-state index contributed by atoms with van der Waals surface area (Å²) in [4.78, 5) is 37.6. The zero-order valence-corrected chi connectivity index (χ0v) is 25.5. The predicted molar refractivity (Wildman–Crippen MR) is 172 cm³/mol. The van der Waals surface area contributed by atoms with Crippen molar-refractivity contribution < 1.29 is 9.53 Å². The Morgan fingerprint density at radius 3 is 2.39 bits per heavy atom. The van der Waals surface area contributed by atoms with Gasteiger partial charge in [0.05, 0.1) is 30.8 Å². The van der Waals surface area contributed by atoms with Gasteiger partial charge in [-0.25, -0.2) is 29.7 Å². The van der Waals surface area contributed by atoms with Crippen LogP contribution < -0.4 is 20.3 Å². The number of pyridine rings is 1. The van der Waals surface area contributed by atoms with E-state index in [0.29, 0.717) is 35.6 Å². The SMILES string of the molecule is COc1ncc(-c2ccc(N(C(=O)NCc3ccccc3)C3CCC(Nc4ncc(C#N)c(-c5cn[nH]c5C)n4)CC3)nc2)cn1. The topological polar surface area (TPSA) is 171 Å². The van der Waals surface area contributed by atoms with Crippen molar-refractivity contribution in [1.29, 1.82) is 5.26 Å². The summed E-state index contributed by atoms with van der Waals surface area (Å²) >= 11 is 0. The fraction of sp³-hybridized carbons (Fsp3) is 0.273. The number of anilines is 2. The number of amides is 2. The van der Waals surface area contributed by atoms with Crippen LogP contribution in [0.4, 0.5) is 16.6 Å². The molecule has 1 saturated carbocycles. The molecule has 1 aliphatic carbocycles. The molecule has 46 heavy (non-hydrogen) atoms. The lowest BCUT2D eigenvalue weighted by Gasteiger charge is -2.36. The van der Waals surface area contributed by atoms with Gasteiger partial charge in [0, 0.05) is 59.6 Å². The monoisotopic (exact) mass is 615 g/mol. The van der Waals surface area contributed by atoms with Gasteiger partial charge in [0.2, 0.25) is 5.95 Å². The van der Waals surface area contributed by atoms with Crippen LogP contribution in [0, 0.1) is 18.3 Å². The van der Waals surface area contributed by atoms with E-state index in [0.717, 1.165) is 53.6 Å². The summed E-state index contributed by atoms with van der Waals surface area (Å²) in [6.45, 7) is 2.29. The molecular weight excluding hydrogens is 582 g/mol. The van der Waals surface area contributed by atoms with Crippen molar-refractivity contribution in [2.24, 2.45) is 0 Å². The summed E-state index contributed by atoms with van der Waals surface area (Å²) in [6.07, 6.45) is 11.4. The molecular formula is C33H33N11O2. The average Bonchev–Trinajstić information content (AvgIpc) is 3.54. The van der Waals surface area contributed by atoms with E-state index < -0.39 is 0 Å². The Bertz CT molecular complexity index is 1810. The highest BCUT2D eigenvalue weighted by Gasteiger charge is 2.31. The smallest absolute Gasteiger partial charge is 0.323 e. The number of nitrogens with zero attached hydrogens (tertiary/aromatic N) is 8. The third kappa shape index (κ3) is 6.76. The first-order chi connectivity index (χ1) is 22.5. The van der Waals surface area contributed by atoms with Gasteiger partial charge in [-0.3, -0.25) is 10.00 Å². The van der Waals surface area contributed by atoms with Gasteiger partial charge in [0.15, 0.2) is 0 Å². The largest absolute Gasteiger partial charge is 0.467 e. The number of methoxy groups -OCH3 is 1. The average molecular weight is 616 g/mol. The molecule has 1 aromatic carbocycles. The Labute approximate surface area is 266 Å². The van der Waals surface area contributed by atoms with Crippen LogP contribution in [0.1, 0.15) is 42.5 Å². The first-order valence-electron chi connectivity index (χ1n) is 15.0. The Morgan fingerprint density at radius 2 is 1.74 bits per heavy atom. The normalized spacial score (nSPS) is 15.8. The molecule has 232 valence electrons. The number of aromatic nitrogens is 7. The lowest BCUT2D eigenvalue weighted by Crippen LogP contribution is -2.49. The number of aryl methyl sites for hydroxylation is 1. The van der Waals surface area contributed by atoms with Crippen LogP contribution in [-0.4, -0.2) is 60.3 Å². The van der Waals surface area contributed by atoms with Crippen LogP contribution in [0.3, 0.4) is 0 Å². The van der Waals surface area contributed by atoms with Crippen LogP contribution in [0.2, 0.25) is 0 Å². The number of hydrogen-bond acceptors (Lipinski definition) is 10. The number of carbonyl (C=O) groups is 1. The van der Waals surface area contributed by atoms with Crippen LogP contribution in [0.25, 0.3) is 22.4 Å². The molecule has 1 aliphatic rings. The van der Waals surface area contributed by atoms with Gasteiger partial charge in [-0.15, -0.1) is 0 Å². The maximum absolute atomic E-state index is 13.7. The summed E-state index contributed by atoms with van der Waals surface area (Å²) in [5.74, 6) is 1.02. The molecule has 6 rings (SSSR count). The lowest BCUT2D eigenvalue weighted by atomic mass is 9.90. The summed E-state index contributed by atoms with van der Waals surface area (Å²) in [6, 6.07) is 15.9. The number of hydrogen-bond donors (Lipinski definition) is 3. The highest BCUT2D eigenvalue weighted by atomic mass is 16.5. The molecule has 13 heteroatoms. The maximum atomic E-state index is 13.7. The van der Waals surface area contributed by atoms with Crippen molar-refractivity contribution in [2.75, 3.05) is 17.3 Å². The number of nitrogens with one attached hydrogen (secondary N) is 3. The van der Waals surface area contributed by atoms with Gasteiger partial charge in [-0.05, 0) is 50.3 Å². The maximum Gasteiger partial charge on any atom is 0.323 e. The molecule has 1 fully saturated rings. The number of urea groups is 1. The minimum Gasteiger partial charge on any atom is -0.467 e. The van der Waals surface area contributed by atoms with Crippen molar-refractivity contribution >= 4 is 17.8 Å². The molecule has 2 amide bonds. The Balaban J connectivity index is 1.17. The summed E-state index contributed by atoms with van der Waals surface area (Å²) < 4.78 is 5.06. The quantitative estimate of drug-likeness (QED) is 0.204. The molecule has 0 spiro atoms. The Hall–Kier alpha value is -5.90. The number of aromatic amines is 1. The van der Waals surface area contributed by atoms with Gasteiger partial charge in [0.25, 0.3) is 0 Å². The molecule has 5 aromatic rings. The predicted octanol–water partition coefficient (Wildman–Crippen LogP) is 5.05. The highest BCUT2D eigenvalue weighted by molar-refractivity contribution is 5.91. The van der Waals surface area contributed by atoms with Gasteiger partial charge in [-0.1, -0.05) is 30.3 Å². The third-order valence-corrected chi connectivity index (χ3v) is 8.03. The molecule has 0 bridgehead atoms. The summed E-state index contributed by atoms with van der Waals surface area (Å²) in [7, 11) is 1.52.